The van der Waals surface area contributed by atoms with Gasteiger partial charge in [-0.05, 0) is 24.6 Å². The van der Waals surface area contributed by atoms with Crippen molar-refractivity contribution in [2.75, 3.05) is 18.5 Å². The van der Waals surface area contributed by atoms with E-state index in [1.54, 1.807) is 6.20 Å². The normalized spacial score (nSPS) is 19.8. The van der Waals surface area contributed by atoms with E-state index in [4.69, 9.17) is 4.74 Å². The highest BCUT2D eigenvalue weighted by molar-refractivity contribution is 5.86. The van der Waals surface area contributed by atoms with Gasteiger partial charge >= 0.3 is 0 Å². The summed E-state index contributed by atoms with van der Waals surface area (Å²) in [5, 5.41) is 17.9. The summed E-state index contributed by atoms with van der Waals surface area (Å²) in [6.07, 6.45) is 2.82. The molecule has 2 atom stereocenters. The Kier molecular flexibility index (Phi) is 4.08. The first-order valence-corrected chi connectivity index (χ1v) is 8.39. The molecule has 0 amide bonds. The zero-order chi connectivity index (χ0) is 17.2. The third-order valence-electron chi connectivity index (χ3n) is 4.75. The van der Waals surface area contributed by atoms with Gasteiger partial charge in [-0.25, -0.2) is 4.98 Å². The van der Waals surface area contributed by atoms with Gasteiger partial charge in [0, 0.05) is 37.7 Å². The molecule has 4 rings (SSSR count). The average molecular weight is 333 g/mol. The van der Waals surface area contributed by atoms with Crippen molar-refractivity contribution in [2.45, 2.75) is 12.5 Å². The summed E-state index contributed by atoms with van der Waals surface area (Å²) in [4.78, 5) is 4.63. The molecule has 3 aromatic rings. The molecule has 1 aliphatic rings. The van der Waals surface area contributed by atoms with E-state index in [0.29, 0.717) is 11.5 Å². The quantitative estimate of drug-likeness (QED) is 0.794. The second-order valence-electron chi connectivity index (χ2n) is 6.28. The van der Waals surface area contributed by atoms with E-state index in [1.165, 1.54) is 0 Å². The highest BCUT2D eigenvalue weighted by Crippen LogP contribution is 2.34. The van der Waals surface area contributed by atoms with E-state index in [2.05, 4.69) is 21.5 Å². The van der Waals surface area contributed by atoms with Crippen LogP contribution in [0.15, 0.2) is 42.6 Å². The number of nitriles is 1. The van der Waals surface area contributed by atoms with Crippen molar-refractivity contribution in [3.05, 3.63) is 53.9 Å². The van der Waals surface area contributed by atoms with Crippen LogP contribution in [0.25, 0.3) is 10.9 Å². The minimum Gasteiger partial charge on any atom is -0.372 e. The van der Waals surface area contributed by atoms with Crippen molar-refractivity contribution < 1.29 is 4.74 Å². The molecule has 1 N–H and O–H groups in total. The van der Waals surface area contributed by atoms with Crippen LogP contribution in [0.2, 0.25) is 0 Å². The maximum absolute atomic E-state index is 9.40. The van der Waals surface area contributed by atoms with Gasteiger partial charge in [-0.3, -0.25) is 4.68 Å². The van der Waals surface area contributed by atoms with E-state index in [1.807, 2.05) is 48.1 Å². The van der Waals surface area contributed by atoms with Crippen LogP contribution < -0.4 is 5.32 Å². The van der Waals surface area contributed by atoms with E-state index >= 15 is 0 Å². The van der Waals surface area contributed by atoms with Crippen LogP contribution in [0.1, 0.15) is 23.8 Å². The average Bonchev–Trinajstić information content (AvgIpc) is 3.27. The molecule has 0 saturated carbocycles. The maximum Gasteiger partial charge on any atom is 0.127 e. The van der Waals surface area contributed by atoms with E-state index in [-0.39, 0.29) is 6.10 Å². The first-order chi connectivity index (χ1) is 12.3. The lowest BCUT2D eigenvalue weighted by Crippen LogP contribution is -2.20. The largest absolute Gasteiger partial charge is 0.372 e. The van der Waals surface area contributed by atoms with Gasteiger partial charge in [0.2, 0.25) is 0 Å². The molecule has 25 heavy (non-hydrogen) atoms. The van der Waals surface area contributed by atoms with Gasteiger partial charge in [-0.1, -0.05) is 18.2 Å². The molecule has 6 nitrogen and oxygen atoms in total. The Morgan fingerprint density at radius 3 is 3.04 bits per heavy atom. The minimum atomic E-state index is 0.0379. The number of hydrogen-bond acceptors (Lipinski definition) is 5. The van der Waals surface area contributed by atoms with Crippen LogP contribution in [0.4, 0.5) is 5.82 Å². The molecule has 1 aromatic carbocycles. The monoisotopic (exact) mass is 333 g/mol. The van der Waals surface area contributed by atoms with Gasteiger partial charge in [0.15, 0.2) is 0 Å². The molecule has 3 heterocycles. The molecule has 1 fully saturated rings. The predicted octanol–water partition coefficient (Wildman–Crippen LogP) is 3.03. The first-order valence-electron chi connectivity index (χ1n) is 8.39. The molecule has 1 aliphatic heterocycles. The molecule has 2 aromatic heterocycles. The van der Waals surface area contributed by atoms with E-state index in [9.17, 15) is 5.26 Å². The second kappa shape index (κ2) is 6.54. The van der Waals surface area contributed by atoms with Crippen molar-refractivity contribution in [3.8, 4) is 6.07 Å². The summed E-state index contributed by atoms with van der Waals surface area (Å²) in [6.45, 7) is 1.49. The topological polar surface area (TPSA) is 75.8 Å². The zero-order valence-corrected chi connectivity index (χ0v) is 14.0. The maximum atomic E-state index is 9.40. The van der Waals surface area contributed by atoms with Crippen LogP contribution >= 0.6 is 0 Å². The number of ether oxygens (including phenoxy) is 1. The number of nitrogens with zero attached hydrogens (tertiary/aromatic N) is 4. The summed E-state index contributed by atoms with van der Waals surface area (Å²) in [7, 11) is 1.94. The number of aromatic nitrogens is 3. The number of nitrogens with one attached hydrogen (secondary N) is 1. The van der Waals surface area contributed by atoms with Crippen molar-refractivity contribution in [2.24, 2.45) is 13.0 Å². The van der Waals surface area contributed by atoms with Crippen LogP contribution in [0, 0.1) is 17.2 Å². The zero-order valence-electron chi connectivity index (χ0n) is 14.0. The number of rotatable bonds is 4. The van der Waals surface area contributed by atoms with Crippen LogP contribution in [-0.4, -0.2) is 27.9 Å². The molecule has 0 unspecified atom stereocenters. The van der Waals surface area contributed by atoms with Gasteiger partial charge in [-0.2, -0.15) is 10.4 Å². The molecule has 1 saturated heterocycles. The smallest absolute Gasteiger partial charge is 0.127 e. The third-order valence-corrected chi connectivity index (χ3v) is 4.75. The highest BCUT2D eigenvalue weighted by Gasteiger charge is 2.31. The van der Waals surface area contributed by atoms with Crippen LogP contribution in [0.5, 0.6) is 0 Å². The number of anilines is 1. The molecule has 126 valence electrons. The third kappa shape index (κ3) is 2.94. The molecular formula is C19H19N5O. The second-order valence-corrected chi connectivity index (χ2v) is 6.28. The van der Waals surface area contributed by atoms with E-state index < -0.39 is 0 Å². The van der Waals surface area contributed by atoms with Gasteiger partial charge in [-0.15, -0.1) is 0 Å². The van der Waals surface area contributed by atoms with Crippen molar-refractivity contribution in [3.63, 3.8) is 0 Å². The number of aryl methyl sites for hydroxylation is 1. The Bertz CT molecular complexity index is 942. The Morgan fingerprint density at radius 2 is 2.24 bits per heavy atom. The van der Waals surface area contributed by atoms with Crippen molar-refractivity contribution in [1.82, 2.24) is 14.8 Å². The SMILES string of the molecule is Cn1nccc1[C@@H]1OCC[C@H]1CNc1cc(C#N)c2ccccc2n1. The summed E-state index contributed by atoms with van der Waals surface area (Å²) in [5.74, 6) is 1.07. The van der Waals surface area contributed by atoms with Gasteiger partial charge in [0.05, 0.1) is 22.8 Å². The van der Waals surface area contributed by atoms with Crippen molar-refractivity contribution in [1.29, 1.82) is 5.26 Å². The summed E-state index contributed by atoms with van der Waals surface area (Å²) in [6, 6.07) is 13.8. The predicted molar refractivity (Wildman–Crippen MR) is 95.0 cm³/mol. The number of fused-ring (bicyclic) bond motifs is 1. The molecule has 6 heteroatoms. The lowest BCUT2D eigenvalue weighted by molar-refractivity contribution is 0.0866. The first kappa shape index (κ1) is 15.6. The Balaban J connectivity index is 1.54. The molecule has 0 bridgehead atoms. The lowest BCUT2D eigenvalue weighted by atomic mass is 9.99. The number of pyridine rings is 1. The summed E-state index contributed by atoms with van der Waals surface area (Å²) in [5.41, 5.74) is 2.56. The highest BCUT2D eigenvalue weighted by atomic mass is 16.5. The fourth-order valence-electron chi connectivity index (χ4n) is 3.43. The van der Waals surface area contributed by atoms with Gasteiger partial charge in [0.25, 0.3) is 0 Å². The Labute approximate surface area is 146 Å². The number of hydrogen-bond donors (Lipinski definition) is 1. The number of para-hydroxylation sites is 1. The molecular weight excluding hydrogens is 314 g/mol. The fourth-order valence-corrected chi connectivity index (χ4v) is 3.43. The van der Waals surface area contributed by atoms with E-state index in [0.717, 1.165) is 42.0 Å². The number of benzene rings is 1. The molecule has 0 aliphatic carbocycles. The lowest BCUT2D eigenvalue weighted by Gasteiger charge is -2.19. The van der Waals surface area contributed by atoms with Crippen LogP contribution in [0.3, 0.4) is 0 Å². The fraction of sp³-hybridized carbons (Fsp3) is 0.316. The summed E-state index contributed by atoms with van der Waals surface area (Å²) >= 11 is 0. The van der Waals surface area contributed by atoms with Crippen molar-refractivity contribution >= 4 is 16.7 Å². The van der Waals surface area contributed by atoms with Gasteiger partial charge < -0.3 is 10.1 Å². The Morgan fingerprint density at radius 1 is 1.36 bits per heavy atom. The minimum absolute atomic E-state index is 0.0379. The Hall–Kier alpha value is -2.91. The molecule has 0 spiro atoms. The summed E-state index contributed by atoms with van der Waals surface area (Å²) < 4.78 is 7.79. The van der Waals surface area contributed by atoms with Gasteiger partial charge in [0.1, 0.15) is 11.9 Å². The standard InChI is InChI=1S/C19H19N5O/c1-24-17(6-8-22-24)19-13(7-9-25-19)12-21-18-10-14(11-20)15-4-2-3-5-16(15)23-18/h2-6,8,10,13,19H,7,9,12H2,1H3,(H,21,23)/t13-,19+/m0/s1. The molecule has 0 radical (unpaired) electrons. The van der Waals surface area contributed by atoms with Crippen LogP contribution in [-0.2, 0) is 11.8 Å².